The summed E-state index contributed by atoms with van der Waals surface area (Å²) in [6.07, 6.45) is 5.05. The third-order valence-electron chi connectivity index (χ3n) is 3.20. The molecule has 5 heteroatoms. The third kappa shape index (κ3) is 3.70. The fourth-order valence-corrected chi connectivity index (χ4v) is 3.24. The summed E-state index contributed by atoms with van der Waals surface area (Å²) >= 11 is 6.08. The predicted octanol–water partition coefficient (Wildman–Crippen LogP) is 2.63. The van der Waals surface area contributed by atoms with Gasteiger partial charge in [-0.1, -0.05) is 30.5 Å². The first-order chi connectivity index (χ1) is 8.48. The van der Waals surface area contributed by atoms with Crippen molar-refractivity contribution in [3.05, 3.63) is 28.8 Å². The lowest BCUT2D eigenvalue weighted by molar-refractivity contribution is 0.592. The normalized spacial score (nSPS) is 15.9. The van der Waals surface area contributed by atoms with Crippen molar-refractivity contribution < 1.29 is 8.42 Å². The van der Waals surface area contributed by atoms with E-state index >= 15 is 0 Å². The van der Waals surface area contributed by atoms with Gasteiger partial charge in [-0.05, 0) is 31.0 Å². The lowest BCUT2D eigenvalue weighted by atomic mass is 10.2. The van der Waals surface area contributed by atoms with Crippen LogP contribution in [0, 0.1) is 5.92 Å². The van der Waals surface area contributed by atoms with Gasteiger partial charge in [0.15, 0.2) is 9.84 Å². The van der Waals surface area contributed by atoms with Crippen LogP contribution in [0.15, 0.2) is 23.1 Å². The van der Waals surface area contributed by atoms with Gasteiger partial charge in [0, 0.05) is 23.4 Å². The van der Waals surface area contributed by atoms with Crippen molar-refractivity contribution in [1.29, 1.82) is 0 Å². The number of sulfone groups is 1. The monoisotopic (exact) mass is 287 g/mol. The van der Waals surface area contributed by atoms with E-state index in [4.69, 9.17) is 11.6 Å². The molecule has 1 fully saturated rings. The molecule has 1 aliphatic rings. The van der Waals surface area contributed by atoms with E-state index in [0.29, 0.717) is 22.0 Å². The number of rotatable bonds is 6. The van der Waals surface area contributed by atoms with E-state index in [1.54, 1.807) is 18.2 Å². The fourth-order valence-electron chi connectivity index (χ4n) is 1.98. The van der Waals surface area contributed by atoms with Crippen LogP contribution in [-0.4, -0.2) is 21.2 Å². The maximum Gasteiger partial charge on any atom is 0.175 e. The Kier molecular flexibility index (Phi) is 4.30. The van der Waals surface area contributed by atoms with Crippen molar-refractivity contribution in [1.82, 2.24) is 5.32 Å². The molecule has 1 saturated carbocycles. The van der Waals surface area contributed by atoms with Gasteiger partial charge in [0.25, 0.3) is 0 Å². The van der Waals surface area contributed by atoms with Crippen LogP contribution in [0.1, 0.15) is 24.8 Å². The molecule has 0 atom stereocenters. The van der Waals surface area contributed by atoms with Gasteiger partial charge in [-0.3, -0.25) is 0 Å². The lowest BCUT2D eigenvalue weighted by Gasteiger charge is -2.11. The average molecular weight is 288 g/mol. The molecule has 18 heavy (non-hydrogen) atoms. The highest BCUT2D eigenvalue weighted by Crippen LogP contribution is 2.31. The number of hydrogen-bond donors (Lipinski definition) is 1. The Hall–Kier alpha value is -0.580. The predicted molar refractivity (Wildman–Crippen MR) is 73.6 cm³/mol. The van der Waals surface area contributed by atoms with Crippen LogP contribution in [0.5, 0.6) is 0 Å². The van der Waals surface area contributed by atoms with Crippen molar-refractivity contribution in [2.45, 2.75) is 30.7 Å². The van der Waals surface area contributed by atoms with Crippen LogP contribution in [0.2, 0.25) is 5.02 Å². The van der Waals surface area contributed by atoms with E-state index in [2.05, 4.69) is 5.32 Å². The molecule has 0 radical (unpaired) electrons. The van der Waals surface area contributed by atoms with Gasteiger partial charge in [-0.15, -0.1) is 0 Å². The zero-order valence-corrected chi connectivity index (χ0v) is 12.0. The van der Waals surface area contributed by atoms with Crippen molar-refractivity contribution in [3.8, 4) is 0 Å². The van der Waals surface area contributed by atoms with Crippen molar-refractivity contribution in [2.75, 3.05) is 12.8 Å². The molecule has 1 aromatic carbocycles. The molecule has 0 amide bonds. The summed E-state index contributed by atoms with van der Waals surface area (Å²) in [4.78, 5) is 0.328. The minimum absolute atomic E-state index is 0.328. The molecule has 0 aromatic heterocycles. The van der Waals surface area contributed by atoms with Crippen LogP contribution in [0.3, 0.4) is 0 Å². The van der Waals surface area contributed by atoms with Crippen molar-refractivity contribution >= 4 is 21.4 Å². The zero-order valence-electron chi connectivity index (χ0n) is 10.4. The van der Waals surface area contributed by atoms with Gasteiger partial charge in [0.05, 0.1) is 4.90 Å². The summed E-state index contributed by atoms with van der Waals surface area (Å²) in [5.41, 5.74) is 0.678. The third-order valence-corrected chi connectivity index (χ3v) is 4.74. The minimum Gasteiger partial charge on any atom is -0.313 e. The molecule has 1 N–H and O–H groups in total. The summed E-state index contributed by atoms with van der Waals surface area (Å²) in [5.74, 6) is 0.873. The Balaban J connectivity index is 2.05. The van der Waals surface area contributed by atoms with Crippen LogP contribution in [0.4, 0.5) is 0 Å². The Morgan fingerprint density at radius 3 is 2.72 bits per heavy atom. The van der Waals surface area contributed by atoms with Gasteiger partial charge in [-0.2, -0.15) is 0 Å². The first kappa shape index (κ1) is 13.8. The standard InChI is InChI=1S/C13H18ClNO2S/c1-18(16,17)13-4-2-3-12(14)11(13)9-15-8-7-10-5-6-10/h2-4,10,15H,5-9H2,1H3. The smallest absolute Gasteiger partial charge is 0.175 e. The summed E-state index contributed by atoms with van der Waals surface area (Å²) < 4.78 is 23.3. The summed E-state index contributed by atoms with van der Waals surface area (Å²) in [5, 5.41) is 3.79. The number of hydrogen-bond acceptors (Lipinski definition) is 3. The molecule has 0 heterocycles. The van der Waals surface area contributed by atoms with Gasteiger partial charge in [-0.25, -0.2) is 8.42 Å². The van der Waals surface area contributed by atoms with Gasteiger partial charge < -0.3 is 5.32 Å². The van der Waals surface area contributed by atoms with Crippen LogP contribution >= 0.6 is 11.6 Å². The molecule has 2 rings (SSSR count). The highest BCUT2D eigenvalue weighted by molar-refractivity contribution is 7.90. The summed E-state index contributed by atoms with van der Waals surface area (Å²) in [6.45, 7) is 1.42. The number of nitrogens with one attached hydrogen (secondary N) is 1. The molecule has 1 aromatic rings. The Morgan fingerprint density at radius 2 is 2.11 bits per heavy atom. The second-order valence-corrected chi connectivity index (χ2v) is 7.29. The topological polar surface area (TPSA) is 46.2 Å². The lowest BCUT2D eigenvalue weighted by Crippen LogP contribution is -2.17. The first-order valence-electron chi connectivity index (χ1n) is 6.16. The summed E-state index contributed by atoms with van der Waals surface area (Å²) in [6, 6.07) is 5.01. The minimum atomic E-state index is -3.22. The van der Waals surface area contributed by atoms with Crippen LogP contribution in [-0.2, 0) is 16.4 Å². The molecule has 0 bridgehead atoms. The molecule has 0 aliphatic heterocycles. The largest absolute Gasteiger partial charge is 0.313 e. The maximum atomic E-state index is 11.7. The molecule has 3 nitrogen and oxygen atoms in total. The van der Waals surface area contributed by atoms with Gasteiger partial charge >= 0.3 is 0 Å². The fraction of sp³-hybridized carbons (Fsp3) is 0.538. The van der Waals surface area contributed by atoms with E-state index in [9.17, 15) is 8.42 Å². The van der Waals surface area contributed by atoms with Crippen LogP contribution < -0.4 is 5.32 Å². The van der Waals surface area contributed by atoms with E-state index in [0.717, 1.165) is 12.5 Å². The SMILES string of the molecule is CS(=O)(=O)c1cccc(Cl)c1CNCCC1CC1. The molecule has 100 valence electrons. The molecular weight excluding hydrogens is 270 g/mol. The molecule has 0 unspecified atom stereocenters. The zero-order chi connectivity index (χ0) is 13.2. The van der Waals surface area contributed by atoms with E-state index < -0.39 is 9.84 Å². The highest BCUT2D eigenvalue weighted by Gasteiger charge is 2.20. The van der Waals surface area contributed by atoms with E-state index in [-0.39, 0.29) is 0 Å². The first-order valence-corrected chi connectivity index (χ1v) is 8.43. The Bertz CT molecular complexity index is 524. The molecule has 1 aliphatic carbocycles. The number of benzene rings is 1. The Labute approximate surface area is 113 Å². The van der Waals surface area contributed by atoms with Crippen LogP contribution in [0.25, 0.3) is 0 Å². The van der Waals surface area contributed by atoms with E-state index in [1.807, 2.05) is 0 Å². The van der Waals surface area contributed by atoms with Gasteiger partial charge in [0.1, 0.15) is 0 Å². The quantitative estimate of drug-likeness (QED) is 0.818. The van der Waals surface area contributed by atoms with Crippen molar-refractivity contribution in [2.24, 2.45) is 5.92 Å². The highest BCUT2D eigenvalue weighted by atomic mass is 35.5. The molecule has 0 saturated heterocycles. The van der Waals surface area contributed by atoms with Crippen molar-refractivity contribution in [3.63, 3.8) is 0 Å². The molecule has 0 spiro atoms. The number of halogens is 1. The Morgan fingerprint density at radius 1 is 1.39 bits per heavy atom. The summed E-state index contributed by atoms with van der Waals surface area (Å²) in [7, 11) is -3.22. The maximum absolute atomic E-state index is 11.7. The molecular formula is C13H18ClNO2S. The average Bonchev–Trinajstić information content (AvgIpc) is 3.08. The van der Waals surface area contributed by atoms with Gasteiger partial charge in [0.2, 0.25) is 0 Å². The second kappa shape index (κ2) is 5.59. The second-order valence-electron chi connectivity index (χ2n) is 4.90. The van der Waals surface area contributed by atoms with E-state index in [1.165, 1.54) is 25.5 Å².